The number of benzene rings is 1. The first-order valence-electron chi connectivity index (χ1n) is 10.7. The van der Waals surface area contributed by atoms with Gasteiger partial charge in [0.1, 0.15) is 0 Å². The van der Waals surface area contributed by atoms with Crippen molar-refractivity contribution in [2.45, 2.75) is 70.3 Å². The minimum absolute atomic E-state index is 0.0346. The van der Waals surface area contributed by atoms with Crippen molar-refractivity contribution in [3.8, 4) is 0 Å². The summed E-state index contributed by atoms with van der Waals surface area (Å²) in [6.45, 7) is 7.99. The van der Waals surface area contributed by atoms with E-state index >= 15 is 0 Å². The number of hydrogen-bond acceptors (Lipinski definition) is 3. The predicted molar refractivity (Wildman–Crippen MR) is 117 cm³/mol. The molecule has 2 fully saturated rings. The fraction of sp³-hybridized carbons (Fsp3) is 0.682. The number of nitrogens with zero attached hydrogens (tertiary/aromatic N) is 1. The molecule has 1 saturated carbocycles. The Hall–Kier alpha value is -1.56. The molecule has 6 heteroatoms. The number of rotatable bonds is 6. The molecule has 5 nitrogen and oxygen atoms in total. The van der Waals surface area contributed by atoms with Crippen molar-refractivity contribution in [1.82, 2.24) is 10.6 Å². The second-order valence-electron chi connectivity index (χ2n) is 8.70. The largest absolute Gasteiger partial charge is 0.357 e. The molecule has 2 aliphatic rings. The molecule has 0 spiro atoms. The summed E-state index contributed by atoms with van der Waals surface area (Å²) < 4.78 is 23.5. The standard InChI is InChI=1S/C22H35N3O2S/c1-4-23-21(25-20-11-14-28(26,27)15-20)24-16-22(12-5-6-13-22)19-9-7-18(8-10-19)17(2)3/h7-10,17,20H,4-6,11-16H2,1-3H3,(H2,23,24,25). The van der Waals surface area contributed by atoms with Gasteiger partial charge in [0, 0.05) is 18.0 Å². The summed E-state index contributed by atoms with van der Waals surface area (Å²) in [7, 11) is -2.90. The lowest BCUT2D eigenvalue weighted by Gasteiger charge is -2.29. The van der Waals surface area contributed by atoms with E-state index in [4.69, 9.17) is 4.99 Å². The molecule has 1 aromatic carbocycles. The SMILES string of the molecule is CCNC(=NCC1(c2ccc(C(C)C)cc2)CCCC1)NC1CCS(=O)(=O)C1. The molecule has 1 heterocycles. The second-order valence-corrected chi connectivity index (χ2v) is 10.9. The molecule has 0 aromatic heterocycles. The molecule has 3 rings (SSSR count). The lowest BCUT2D eigenvalue weighted by molar-refractivity contribution is 0.452. The molecule has 1 unspecified atom stereocenters. The highest BCUT2D eigenvalue weighted by atomic mass is 32.2. The van der Waals surface area contributed by atoms with Crippen LogP contribution in [0.1, 0.15) is 69.9 Å². The van der Waals surface area contributed by atoms with E-state index in [1.54, 1.807) is 0 Å². The maximum absolute atomic E-state index is 11.8. The Kier molecular flexibility index (Phi) is 6.69. The van der Waals surface area contributed by atoms with Crippen molar-refractivity contribution in [3.05, 3.63) is 35.4 Å². The molecule has 156 valence electrons. The van der Waals surface area contributed by atoms with Crippen LogP contribution in [-0.4, -0.2) is 45.0 Å². The third-order valence-electron chi connectivity index (χ3n) is 6.21. The van der Waals surface area contributed by atoms with Gasteiger partial charge in [-0.3, -0.25) is 4.99 Å². The average Bonchev–Trinajstić information content (AvgIpc) is 3.27. The zero-order valence-corrected chi connectivity index (χ0v) is 18.3. The van der Waals surface area contributed by atoms with Gasteiger partial charge in [0.2, 0.25) is 0 Å². The normalized spacial score (nSPS) is 23.9. The van der Waals surface area contributed by atoms with Gasteiger partial charge in [-0.2, -0.15) is 0 Å². The number of guanidine groups is 1. The highest BCUT2D eigenvalue weighted by Gasteiger charge is 2.36. The summed E-state index contributed by atoms with van der Waals surface area (Å²) in [5.74, 6) is 1.77. The minimum Gasteiger partial charge on any atom is -0.357 e. The average molecular weight is 406 g/mol. The van der Waals surface area contributed by atoms with Crippen molar-refractivity contribution >= 4 is 15.8 Å². The van der Waals surface area contributed by atoms with Crippen LogP contribution in [0.4, 0.5) is 0 Å². The molecule has 0 radical (unpaired) electrons. The van der Waals surface area contributed by atoms with Crippen LogP contribution < -0.4 is 10.6 Å². The Balaban J connectivity index is 1.75. The van der Waals surface area contributed by atoms with Gasteiger partial charge in [-0.15, -0.1) is 0 Å². The van der Waals surface area contributed by atoms with Gasteiger partial charge >= 0.3 is 0 Å². The lowest BCUT2D eigenvalue weighted by Crippen LogP contribution is -2.44. The Morgan fingerprint density at radius 3 is 2.43 bits per heavy atom. The molecule has 28 heavy (non-hydrogen) atoms. The fourth-order valence-corrected chi connectivity index (χ4v) is 6.14. The molecule has 1 atom stereocenters. The van der Waals surface area contributed by atoms with E-state index in [2.05, 4.69) is 48.7 Å². The third-order valence-corrected chi connectivity index (χ3v) is 7.98. The topological polar surface area (TPSA) is 70.6 Å². The van der Waals surface area contributed by atoms with Gasteiger partial charge in [-0.25, -0.2) is 8.42 Å². The van der Waals surface area contributed by atoms with Gasteiger partial charge in [0.05, 0.1) is 18.1 Å². The van der Waals surface area contributed by atoms with E-state index in [1.165, 1.54) is 24.0 Å². The van der Waals surface area contributed by atoms with Crippen LogP contribution in [0.5, 0.6) is 0 Å². The van der Waals surface area contributed by atoms with Gasteiger partial charge in [-0.1, -0.05) is 51.0 Å². The van der Waals surface area contributed by atoms with E-state index in [0.29, 0.717) is 12.3 Å². The Morgan fingerprint density at radius 1 is 1.21 bits per heavy atom. The van der Waals surface area contributed by atoms with Crippen molar-refractivity contribution in [1.29, 1.82) is 0 Å². The van der Waals surface area contributed by atoms with Crippen LogP contribution in [-0.2, 0) is 15.3 Å². The zero-order chi connectivity index (χ0) is 20.2. The highest BCUT2D eigenvalue weighted by molar-refractivity contribution is 7.91. The third kappa shape index (κ3) is 5.07. The minimum atomic E-state index is -2.90. The fourth-order valence-electron chi connectivity index (χ4n) is 4.46. The smallest absolute Gasteiger partial charge is 0.191 e. The van der Waals surface area contributed by atoms with Crippen LogP contribution in [0.2, 0.25) is 0 Å². The monoisotopic (exact) mass is 405 g/mol. The number of sulfone groups is 1. The molecular formula is C22H35N3O2S. The molecule has 0 bridgehead atoms. The van der Waals surface area contributed by atoms with Crippen LogP contribution in [0, 0.1) is 0 Å². The quantitative estimate of drug-likeness (QED) is 0.562. The summed E-state index contributed by atoms with van der Waals surface area (Å²) in [5.41, 5.74) is 2.86. The van der Waals surface area contributed by atoms with Crippen molar-refractivity contribution < 1.29 is 8.42 Å². The highest BCUT2D eigenvalue weighted by Crippen LogP contribution is 2.41. The van der Waals surface area contributed by atoms with Gasteiger partial charge in [0.25, 0.3) is 0 Å². The van der Waals surface area contributed by atoms with E-state index in [1.807, 2.05) is 6.92 Å². The molecule has 2 N–H and O–H groups in total. The van der Waals surface area contributed by atoms with Crippen LogP contribution in [0.25, 0.3) is 0 Å². The van der Waals surface area contributed by atoms with E-state index in [-0.39, 0.29) is 23.0 Å². The summed E-state index contributed by atoms with van der Waals surface area (Å²) >= 11 is 0. The number of aliphatic imine (C=N–C) groups is 1. The Labute approximate surface area is 170 Å². The first-order valence-corrected chi connectivity index (χ1v) is 12.5. The van der Waals surface area contributed by atoms with E-state index in [0.717, 1.165) is 31.9 Å². The molecule has 1 aliphatic heterocycles. The molecule has 1 aliphatic carbocycles. The molecule has 1 aromatic rings. The molecule has 0 amide bonds. The van der Waals surface area contributed by atoms with Gasteiger partial charge in [-0.05, 0) is 43.2 Å². The maximum atomic E-state index is 11.8. The summed E-state index contributed by atoms with van der Waals surface area (Å²) in [4.78, 5) is 4.91. The van der Waals surface area contributed by atoms with E-state index in [9.17, 15) is 8.42 Å². The molecule has 1 saturated heterocycles. The summed E-state index contributed by atoms with van der Waals surface area (Å²) in [6.07, 6.45) is 5.47. The van der Waals surface area contributed by atoms with Crippen LogP contribution in [0.3, 0.4) is 0 Å². The number of hydrogen-bond donors (Lipinski definition) is 2. The molecular weight excluding hydrogens is 370 g/mol. The summed E-state index contributed by atoms with van der Waals surface area (Å²) in [6, 6.07) is 9.07. The first-order chi connectivity index (χ1) is 13.3. The first kappa shape index (κ1) is 21.2. The second kappa shape index (κ2) is 8.85. The van der Waals surface area contributed by atoms with Crippen LogP contribution in [0.15, 0.2) is 29.3 Å². The summed E-state index contributed by atoms with van der Waals surface area (Å²) in [5, 5.41) is 6.65. The van der Waals surface area contributed by atoms with Crippen LogP contribution >= 0.6 is 0 Å². The van der Waals surface area contributed by atoms with Gasteiger partial charge < -0.3 is 10.6 Å². The van der Waals surface area contributed by atoms with E-state index < -0.39 is 9.84 Å². The van der Waals surface area contributed by atoms with Crippen molar-refractivity contribution in [3.63, 3.8) is 0 Å². The Morgan fingerprint density at radius 2 is 1.89 bits per heavy atom. The number of nitrogens with one attached hydrogen (secondary N) is 2. The van der Waals surface area contributed by atoms with Crippen molar-refractivity contribution in [2.75, 3.05) is 24.6 Å². The maximum Gasteiger partial charge on any atom is 0.191 e. The zero-order valence-electron chi connectivity index (χ0n) is 17.5. The van der Waals surface area contributed by atoms with Gasteiger partial charge in [0.15, 0.2) is 15.8 Å². The predicted octanol–water partition coefficient (Wildman–Crippen LogP) is 3.36. The Bertz CT molecular complexity index is 779. The lowest BCUT2D eigenvalue weighted by atomic mass is 9.78. The van der Waals surface area contributed by atoms with Crippen molar-refractivity contribution in [2.24, 2.45) is 4.99 Å².